The summed E-state index contributed by atoms with van der Waals surface area (Å²) < 4.78 is 0. The van der Waals surface area contributed by atoms with Crippen LogP contribution in [0.4, 0.5) is 0 Å². The molecule has 0 aliphatic carbocycles. The van der Waals surface area contributed by atoms with E-state index in [1.165, 1.54) is 0 Å². The minimum atomic E-state index is 0.0477. The van der Waals surface area contributed by atoms with Gasteiger partial charge in [-0.2, -0.15) is 0 Å². The van der Waals surface area contributed by atoms with Gasteiger partial charge in [0, 0.05) is 41.8 Å². The first kappa shape index (κ1) is 16.4. The number of nitrogens with one attached hydrogen (secondary N) is 1. The Balaban J connectivity index is 1.90. The van der Waals surface area contributed by atoms with E-state index in [2.05, 4.69) is 28.1 Å². The molecule has 23 heavy (non-hydrogen) atoms. The predicted octanol–water partition coefficient (Wildman–Crippen LogP) is 3.99. The molecule has 1 N–H and O–H groups in total. The molecule has 2 aromatic rings. The fourth-order valence-corrected chi connectivity index (χ4v) is 3.01. The molecular formula is C19H18Cl2N2. The fraction of sp³-hybridized carbons (Fsp3) is 0.263. The van der Waals surface area contributed by atoms with Gasteiger partial charge in [0.2, 0.25) is 0 Å². The van der Waals surface area contributed by atoms with E-state index in [1.807, 2.05) is 42.5 Å². The fourth-order valence-electron chi connectivity index (χ4n) is 2.69. The van der Waals surface area contributed by atoms with Crippen LogP contribution >= 0.6 is 23.2 Å². The van der Waals surface area contributed by atoms with E-state index in [-0.39, 0.29) is 6.04 Å². The monoisotopic (exact) mass is 344 g/mol. The van der Waals surface area contributed by atoms with Crippen LogP contribution in [0.15, 0.2) is 48.5 Å². The zero-order valence-electron chi connectivity index (χ0n) is 12.7. The highest BCUT2D eigenvalue weighted by Gasteiger charge is 2.20. The van der Waals surface area contributed by atoms with Gasteiger partial charge < -0.3 is 5.32 Å². The van der Waals surface area contributed by atoms with Crippen LogP contribution in [0.1, 0.15) is 17.2 Å². The van der Waals surface area contributed by atoms with Crippen LogP contribution in [-0.4, -0.2) is 31.1 Å². The minimum absolute atomic E-state index is 0.0477. The molecular weight excluding hydrogens is 327 g/mol. The van der Waals surface area contributed by atoms with Crippen LogP contribution in [0.3, 0.4) is 0 Å². The SMILES string of the molecule is Clc1ccc(C#CC(c2cccc(Cl)c2)N2CCNCC2)cc1. The first-order valence-electron chi connectivity index (χ1n) is 7.70. The van der Waals surface area contributed by atoms with E-state index in [4.69, 9.17) is 23.2 Å². The van der Waals surface area contributed by atoms with Gasteiger partial charge in [0.25, 0.3) is 0 Å². The van der Waals surface area contributed by atoms with Crippen LogP contribution in [-0.2, 0) is 0 Å². The molecule has 0 saturated carbocycles. The molecule has 4 heteroatoms. The summed E-state index contributed by atoms with van der Waals surface area (Å²) in [5, 5.41) is 4.85. The van der Waals surface area contributed by atoms with E-state index < -0.39 is 0 Å². The van der Waals surface area contributed by atoms with Crippen molar-refractivity contribution in [3.05, 3.63) is 69.7 Å². The van der Waals surface area contributed by atoms with Gasteiger partial charge in [0.15, 0.2) is 0 Å². The van der Waals surface area contributed by atoms with Crippen LogP contribution in [0.25, 0.3) is 0 Å². The van der Waals surface area contributed by atoms with Gasteiger partial charge in [0.05, 0.1) is 6.04 Å². The number of hydrogen-bond acceptors (Lipinski definition) is 2. The van der Waals surface area contributed by atoms with Crippen LogP contribution < -0.4 is 5.32 Å². The second-order valence-corrected chi connectivity index (χ2v) is 6.39. The van der Waals surface area contributed by atoms with Crippen molar-refractivity contribution in [2.45, 2.75) is 6.04 Å². The van der Waals surface area contributed by atoms with Crippen molar-refractivity contribution >= 4 is 23.2 Å². The minimum Gasteiger partial charge on any atom is -0.314 e. The van der Waals surface area contributed by atoms with Gasteiger partial charge in [-0.25, -0.2) is 0 Å². The highest BCUT2D eigenvalue weighted by atomic mass is 35.5. The van der Waals surface area contributed by atoms with Gasteiger partial charge >= 0.3 is 0 Å². The molecule has 118 valence electrons. The second-order valence-electron chi connectivity index (χ2n) is 5.52. The predicted molar refractivity (Wildman–Crippen MR) is 97.0 cm³/mol. The van der Waals surface area contributed by atoms with Gasteiger partial charge in [-0.1, -0.05) is 47.2 Å². The van der Waals surface area contributed by atoms with Crippen molar-refractivity contribution in [3.63, 3.8) is 0 Å². The van der Waals surface area contributed by atoms with Crippen molar-refractivity contribution in [2.75, 3.05) is 26.2 Å². The summed E-state index contributed by atoms with van der Waals surface area (Å²) in [4.78, 5) is 2.39. The zero-order valence-corrected chi connectivity index (χ0v) is 14.2. The third-order valence-electron chi connectivity index (χ3n) is 3.88. The molecule has 1 atom stereocenters. The standard InChI is InChI=1S/C19H18Cl2N2/c20-17-7-4-15(5-8-17)6-9-19(23-12-10-22-11-13-23)16-2-1-3-18(21)14-16/h1-5,7-8,14,19,22H,10-13H2. The topological polar surface area (TPSA) is 15.3 Å². The van der Waals surface area contributed by atoms with Crippen LogP contribution in [0.5, 0.6) is 0 Å². The van der Waals surface area contributed by atoms with E-state index in [0.717, 1.165) is 47.4 Å². The normalized spacial score (nSPS) is 16.4. The van der Waals surface area contributed by atoms with Crippen molar-refractivity contribution in [3.8, 4) is 11.8 Å². The van der Waals surface area contributed by atoms with Crippen molar-refractivity contribution < 1.29 is 0 Å². The first-order valence-corrected chi connectivity index (χ1v) is 8.45. The molecule has 0 aromatic heterocycles. The number of benzene rings is 2. The van der Waals surface area contributed by atoms with Gasteiger partial charge in [-0.3, -0.25) is 4.90 Å². The van der Waals surface area contributed by atoms with Crippen LogP contribution in [0.2, 0.25) is 10.0 Å². The molecule has 1 aliphatic rings. The number of hydrogen-bond donors (Lipinski definition) is 1. The quantitative estimate of drug-likeness (QED) is 0.828. The van der Waals surface area contributed by atoms with E-state index >= 15 is 0 Å². The summed E-state index contributed by atoms with van der Waals surface area (Å²) in [6, 6.07) is 15.6. The Morgan fingerprint density at radius 3 is 2.39 bits per heavy atom. The molecule has 0 radical (unpaired) electrons. The first-order chi connectivity index (χ1) is 11.2. The number of nitrogens with zero attached hydrogens (tertiary/aromatic N) is 1. The maximum absolute atomic E-state index is 6.17. The molecule has 1 saturated heterocycles. The second kappa shape index (κ2) is 7.86. The average molecular weight is 345 g/mol. The smallest absolute Gasteiger partial charge is 0.0975 e. The van der Waals surface area contributed by atoms with E-state index in [9.17, 15) is 0 Å². The molecule has 1 heterocycles. The third-order valence-corrected chi connectivity index (χ3v) is 4.37. The van der Waals surface area contributed by atoms with E-state index in [0.29, 0.717) is 0 Å². The molecule has 2 aromatic carbocycles. The van der Waals surface area contributed by atoms with E-state index in [1.54, 1.807) is 0 Å². The molecule has 0 spiro atoms. The molecule has 1 unspecified atom stereocenters. The molecule has 0 amide bonds. The largest absolute Gasteiger partial charge is 0.314 e. The number of halogens is 2. The van der Waals surface area contributed by atoms with Crippen molar-refractivity contribution in [1.82, 2.24) is 10.2 Å². The van der Waals surface area contributed by atoms with Gasteiger partial charge in [-0.15, -0.1) is 0 Å². The highest BCUT2D eigenvalue weighted by molar-refractivity contribution is 6.30. The summed E-state index contributed by atoms with van der Waals surface area (Å²) >= 11 is 12.1. The Morgan fingerprint density at radius 1 is 0.957 bits per heavy atom. The lowest BCUT2D eigenvalue weighted by Gasteiger charge is -2.32. The Hall–Kier alpha value is -1.50. The molecule has 1 fully saturated rings. The molecule has 2 nitrogen and oxygen atoms in total. The number of rotatable bonds is 2. The van der Waals surface area contributed by atoms with Crippen molar-refractivity contribution in [2.24, 2.45) is 0 Å². The van der Waals surface area contributed by atoms with Gasteiger partial charge in [-0.05, 0) is 42.0 Å². The van der Waals surface area contributed by atoms with Crippen molar-refractivity contribution in [1.29, 1.82) is 0 Å². The summed E-state index contributed by atoms with van der Waals surface area (Å²) in [5.41, 5.74) is 2.11. The lowest BCUT2D eigenvalue weighted by atomic mass is 10.0. The summed E-state index contributed by atoms with van der Waals surface area (Å²) in [5.74, 6) is 6.69. The summed E-state index contributed by atoms with van der Waals surface area (Å²) in [6.45, 7) is 3.93. The number of piperazine rings is 1. The Labute approximate surface area is 147 Å². The zero-order chi connectivity index (χ0) is 16.1. The van der Waals surface area contributed by atoms with Crippen LogP contribution in [0, 0.1) is 11.8 Å². The maximum Gasteiger partial charge on any atom is 0.0975 e. The average Bonchev–Trinajstić information content (AvgIpc) is 2.58. The maximum atomic E-state index is 6.17. The third kappa shape index (κ3) is 4.50. The molecule has 1 aliphatic heterocycles. The lowest BCUT2D eigenvalue weighted by molar-refractivity contribution is 0.209. The van der Waals surface area contributed by atoms with Gasteiger partial charge in [0.1, 0.15) is 0 Å². The highest BCUT2D eigenvalue weighted by Crippen LogP contribution is 2.23. The Morgan fingerprint density at radius 2 is 1.70 bits per heavy atom. The summed E-state index contributed by atoms with van der Waals surface area (Å²) in [7, 11) is 0. The molecule has 0 bridgehead atoms. The molecule has 3 rings (SSSR count). The Kier molecular flexibility index (Phi) is 5.59. The summed E-state index contributed by atoms with van der Waals surface area (Å²) in [6.07, 6.45) is 0. The lowest BCUT2D eigenvalue weighted by Crippen LogP contribution is -2.44. The Bertz CT molecular complexity index is 710.